The molecule has 1 aliphatic heterocycles. The van der Waals surface area contributed by atoms with Crippen molar-refractivity contribution in [2.45, 2.75) is 19.4 Å². The molecule has 1 unspecified atom stereocenters. The van der Waals surface area contributed by atoms with E-state index in [4.69, 9.17) is 4.74 Å². The van der Waals surface area contributed by atoms with Gasteiger partial charge < -0.3 is 14.6 Å². The lowest BCUT2D eigenvalue weighted by Gasteiger charge is -2.23. The zero-order valence-electron chi connectivity index (χ0n) is 11.4. The quantitative estimate of drug-likeness (QED) is 0.930. The molecule has 104 valence electrons. The maximum atomic E-state index is 12.4. The monoisotopic (exact) mass is 271 g/mol. The minimum Gasteiger partial charge on any atom is -0.495 e. The van der Waals surface area contributed by atoms with Crippen molar-refractivity contribution in [3.8, 4) is 5.75 Å². The molecular formula is C15H17N3O2. The smallest absolute Gasteiger partial charge is 0.229 e. The Labute approximate surface area is 117 Å². The fraction of sp³-hybridized carbons (Fsp3) is 0.333. The number of para-hydroxylation sites is 2. The van der Waals surface area contributed by atoms with E-state index in [1.54, 1.807) is 13.3 Å². The normalized spacial score (nSPS) is 17.4. The Hall–Kier alpha value is -2.30. The minimum absolute atomic E-state index is 0.0263. The van der Waals surface area contributed by atoms with Gasteiger partial charge in [0, 0.05) is 25.4 Å². The highest BCUT2D eigenvalue weighted by Crippen LogP contribution is 2.25. The highest BCUT2D eigenvalue weighted by Gasteiger charge is 2.25. The van der Waals surface area contributed by atoms with Gasteiger partial charge in [-0.25, -0.2) is 4.98 Å². The lowest BCUT2D eigenvalue weighted by atomic mass is 9.98. The molecule has 2 aromatic rings. The van der Waals surface area contributed by atoms with E-state index >= 15 is 0 Å². The number of nitrogens with zero attached hydrogens (tertiary/aromatic N) is 2. The molecule has 3 rings (SSSR count). The standard InChI is InChI=1S/C15H17N3O2/c1-20-13-5-3-2-4-12(13)17-15(19)11-6-7-14-16-8-9-18(14)10-11/h2-5,8-9,11H,6-7,10H2,1H3,(H,17,19). The number of hydrogen-bond acceptors (Lipinski definition) is 3. The average Bonchev–Trinajstić information content (AvgIpc) is 2.95. The van der Waals surface area contributed by atoms with Crippen LogP contribution in [0.25, 0.3) is 0 Å². The first-order chi connectivity index (χ1) is 9.78. The number of benzene rings is 1. The molecule has 0 saturated heterocycles. The van der Waals surface area contributed by atoms with E-state index in [0.29, 0.717) is 12.3 Å². The predicted molar refractivity (Wildman–Crippen MR) is 75.7 cm³/mol. The number of amides is 1. The Morgan fingerprint density at radius 2 is 2.30 bits per heavy atom. The van der Waals surface area contributed by atoms with Crippen LogP contribution in [-0.2, 0) is 17.8 Å². The summed E-state index contributed by atoms with van der Waals surface area (Å²) in [5.74, 6) is 1.75. The Morgan fingerprint density at radius 1 is 1.45 bits per heavy atom. The summed E-state index contributed by atoms with van der Waals surface area (Å²) in [5, 5.41) is 2.96. The van der Waals surface area contributed by atoms with Crippen LogP contribution in [0.2, 0.25) is 0 Å². The van der Waals surface area contributed by atoms with E-state index in [-0.39, 0.29) is 11.8 Å². The number of rotatable bonds is 3. The van der Waals surface area contributed by atoms with Gasteiger partial charge in [-0.2, -0.15) is 0 Å². The third-order valence-corrected chi connectivity index (χ3v) is 3.67. The number of nitrogens with one attached hydrogen (secondary N) is 1. The molecule has 1 N–H and O–H groups in total. The van der Waals surface area contributed by atoms with Crippen LogP contribution in [0.3, 0.4) is 0 Å². The van der Waals surface area contributed by atoms with Crippen molar-refractivity contribution in [3.63, 3.8) is 0 Å². The Morgan fingerprint density at radius 3 is 3.15 bits per heavy atom. The van der Waals surface area contributed by atoms with Crippen LogP contribution < -0.4 is 10.1 Å². The van der Waals surface area contributed by atoms with Gasteiger partial charge in [0.25, 0.3) is 0 Å². The second kappa shape index (κ2) is 5.36. The molecule has 1 aromatic carbocycles. The van der Waals surface area contributed by atoms with Crippen LogP contribution in [-0.4, -0.2) is 22.6 Å². The van der Waals surface area contributed by atoms with Gasteiger partial charge in [0.1, 0.15) is 11.6 Å². The van der Waals surface area contributed by atoms with Crippen LogP contribution in [0.4, 0.5) is 5.69 Å². The number of imidazole rings is 1. The van der Waals surface area contributed by atoms with Crippen LogP contribution in [0.15, 0.2) is 36.7 Å². The molecule has 0 aliphatic carbocycles. The van der Waals surface area contributed by atoms with Crippen molar-refractivity contribution >= 4 is 11.6 Å². The summed E-state index contributed by atoms with van der Waals surface area (Å²) in [6, 6.07) is 7.45. The van der Waals surface area contributed by atoms with E-state index in [0.717, 1.165) is 24.4 Å². The topological polar surface area (TPSA) is 56.1 Å². The van der Waals surface area contributed by atoms with Crippen molar-refractivity contribution < 1.29 is 9.53 Å². The number of ether oxygens (including phenoxy) is 1. The van der Waals surface area contributed by atoms with E-state index in [2.05, 4.69) is 14.9 Å². The van der Waals surface area contributed by atoms with Crippen LogP contribution in [0, 0.1) is 5.92 Å². The fourth-order valence-corrected chi connectivity index (χ4v) is 2.56. The first-order valence-electron chi connectivity index (χ1n) is 6.72. The number of hydrogen-bond donors (Lipinski definition) is 1. The molecule has 5 heteroatoms. The molecule has 20 heavy (non-hydrogen) atoms. The Kier molecular flexibility index (Phi) is 3.41. The van der Waals surface area contributed by atoms with Crippen molar-refractivity contribution in [1.82, 2.24) is 9.55 Å². The second-order valence-electron chi connectivity index (χ2n) is 4.92. The molecule has 5 nitrogen and oxygen atoms in total. The number of anilines is 1. The van der Waals surface area contributed by atoms with Crippen molar-refractivity contribution in [1.29, 1.82) is 0 Å². The zero-order valence-corrected chi connectivity index (χ0v) is 11.4. The van der Waals surface area contributed by atoms with Crippen molar-refractivity contribution in [2.24, 2.45) is 5.92 Å². The largest absolute Gasteiger partial charge is 0.495 e. The molecule has 1 amide bonds. The summed E-state index contributed by atoms with van der Waals surface area (Å²) >= 11 is 0. The molecule has 2 heterocycles. The molecule has 1 atom stereocenters. The van der Waals surface area contributed by atoms with Crippen molar-refractivity contribution in [3.05, 3.63) is 42.5 Å². The number of fused-ring (bicyclic) bond motifs is 1. The summed E-state index contributed by atoms with van der Waals surface area (Å²) in [6.07, 6.45) is 5.39. The van der Waals surface area contributed by atoms with Crippen molar-refractivity contribution in [2.75, 3.05) is 12.4 Å². The van der Waals surface area contributed by atoms with Gasteiger partial charge >= 0.3 is 0 Å². The summed E-state index contributed by atoms with van der Waals surface area (Å²) in [7, 11) is 1.60. The molecule has 0 fully saturated rings. The van der Waals surface area contributed by atoms with Gasteiger partial charge in [-0.05, 0) is 18.6 Å². The maximum Gasteiger partial charge on any atom is 0.229 e. The Balaban J connectivity index is 1.71. The molecule has 0 spiro atoms. The van der Waals surface area contributed by atoms with Crippen LogP contribution in [0.1, 0.15) is 12.2 Å². The third kappa shape index (κ3) is 2.39. The van der Waals surface area contributed by atoms with Crippen LogP contribution >= 0.6 is 0 Å². The van der Waals surface area contributed by atoms with E-state index in [1.807, 2.05) is 30.5 Å². The summed E-state index contributed by atoms with van der Waals surface area (Å²) < 4.78 is 7.30. The number of methoxy groups -OCH3 is 1. The summed E-state index contributed by atoms with van der Waals surface area (Å²) in [6.45, 7) is 0.691. The van der Waals surface area contributed by atoms with Gasteiger partial charge in [-0.3, -0.25) is 4.79 Å². The summed E-state index contributed by atoms with van der Waals surface area (Å²) in [4.78, 5) is 16.6. The van der Waals surface area contributed by atoms with E-state index in [9.17, 15) is 4.79 Å². The number of aromatic nitrogens is 2. The Bertz CT molecular complexity index is 621. The van der Waals surface area contributed by atoms with E-state index < -0.39 is 0 Å². The fourth-order valence-electron chi connectivity index (χ4n) is 2.56. The lowest BCUT2D eigenvalue weighted by Crippen LogP contribution is -2.31. The predicted octanol–water partition coefficient (Wildman–Crippen LogP) is 2.09. The van der Waals surface area contributed by atoms with Gasteiger partial charge in [-0.1, -0.05) is 12.1 Å². The second-order valence-corrected chi connectivity index (χ2v) is 4.92. The van der Waals surface area contributed by atoms with Crippen LogP contribution in [0.5, 0.6) is 5.75 Å². The maximum absolute atomic E-state index is 12.4. The first-order valence-corrected chi connectivity index (χ1v) is 6.72. The summed E-state index contributed by atoms with van der Waals surface area (Å²) in [5.41, 5.74) is 0.719. The minimum atomic E-state index is -0.0263. The van der Waals surface area contributed by atoms with Gasteiger partial charge in [0.2, 0.25) is 5.91 Å². The van der Waals surface area contributed by atoms with Gasteiger partial charge in [0.15, 0.2) is 0 Å². The number of carbonyl (C=O) groups excluding carboxylic acids is 1. The number of aryl methyl sites for hydroxylation is 1. The molecule has 1 aromatic heterocycles. The van der Waals surface area contributed by atoms with E-state index in [1.165, 1.54) is 0 Å². The number of carbonyl (C=O) groups is 1. The molecule has 0 bridgehead atoms. The lowest BCUT2D eigenvalue weighted by molar-refractivity contribution is -0.120. The molecular weight excluding hydrogens is 254 g/mol. The average molecular weight is 271 g/mol. The third-order valence-electron chi connectivity index (χ3n) is 3.67. The first kappa shape index (κ1) is 12.7. The molecule has 0 radical (unpaired) electrons. The van der Waals surface area contributed by atoms with Gasteiger partial charge in [-0.15, -0.1) is 0 Å². The van der Waals surface area contributed by atoms with Gasteiger partial charge in [0.05, 0.1) is 18.7 Å². The highest BCUT2D eigenvalue weighted by atomic mass is 16.5. The SMILES string of the molecule is COc1ccccc1NC(=O)C1CCc2nccn2C1. The molecule has 1 aliphatic rings. The zero-order chi connectivity index (χ0) is 13.9. The highest BCUT2D eigenvalue weighted by molar-refractivity contribution is 5.94. The molecule has 0 saturated carbocycles.